The fourth-order valence-electron chi connectivity index (χ4n) is 1.35. The van der Waals surface area contributed by atoms with Gasteiger partial charge < -0.3 is 15.6 Å². The highest BCUT2D eigenvalue weighted by Crippen LogP contribution is 2.20. The molecule has 4 nitrogen and oxygen atoms in total. The molecule has 3 N–H and O–H groups in total. The van der Waals surface area contributed by atoms with Gasteiger partial charge in [-0.25, -0.2) is 0 Å². The fraction of sp³-hybridized carbons (Fsp3) is 0.417. The number of ether oxygens (including phenoxy) is 1. The molecule has 19 heavy (non-hydrogen) atoms. The Hall–Kier alpha value is -1.76. The number of rotatable bonds is 6. The monoisotopic (exact) mass is 277 g/mol. The molecule has 0 heterocycles. The van der Waals surface area contributed by atoms with Gasteiger partial charge >= 0.3 is 12.1 Å². The largest absolute Gasteiger partial charge is 0.493 e. The first-order chi connectivity index (χ1) is 8.78. The standard InChI is InChI=1S/C12H14F3NO3/c13-12(14,15)5-6-19-9-3-1-8(2-4-9)7-10(16)11(17)18/h1-4,10H,5-7,16H2,(H,17,18). The smallest absolute Gasteiger partial charge is 0.392 e. The predicted octanol–water partition coefficient (Wildman–Crippen LogP) is 1.97. The average molecular weight is 277 g/mol. The zero-order valence-electron chi connectivity index (χ0n) is 9.98. The summed E-state index contributed by atoms with van der Waals surface area (Å²) in [6, 6.07) is 5.12. The Labute approximate surface area is 108 Å². The maximum absolute atomic E-state index is 11.9. The van der Waals surface area contributed by atoms with Crippen molar-refractivity contribution in [2.75, 3.05) is 6.61 Å². The molecule has 7 heteroatoms. The number of nitrogens with two attached hydrogens (primary N) is 1. The molecule has 0 aromatic heterocycles. The Kier molecular flexibility index (Phi) is 5.17. The van der Waals surface area contributed by atoms with Crippen LogP contribution in [-0.4, -0.2) is 29.9 Å². The van der Waals surface area contributed by atoms with E-state index >= 15 is 0 Å². The first kappa shape index (κ1) is 15.3. The fourth-order valence-corrected chi connectivity index (χ4v) is 1.35. The quantitative estimate of drug-likeness (QED) is 0.833. The summed E-state index contributed by atoms with van der Waals surface area (Å²) in [5, 5.41) is 8.63. The van der Waals surface area contributed by atoms with Crippen molar-refractivity contribution in [1.29, 1.82) is 0 Å². The lowest BCUT2D eigenvalue weighted by Gasteiger charge is -2.10. The number of aliphatic carboxylic acids is 1. The third-order valence-electron chi connectivity index (χ3n) is 2.35. The first-order valence-electron chi connectivity index (χ1n) is 5.55. The van der Waals surface area contributed by atoms with Gasteiger partial charge in [-0.05, 0) is 24.1 Å². The van der Waals surface area contributed by atoms with E-state index in [1.54, 1.807) is 12.1 Å². The number of hydrogen-bond acceptors (Lipinski definition) is 3. The molecule has 0 radical (unpaired) electrons. The molecule has 1 atom stereocenters. The van der Waals surface area contributed by atoms with E-state index in [0.717, 1.165) is 0 Å². The van der Waals surface area contributed by atoms with E-state index in [0.29, 0.717) is 11.3 Å². The Morgan fingerprint density at radius 2 is 1.89 bits per heavy atom. The van der Waals surface area contributed by atoms with Gasteiger partial charge in [-0.15, -0.1) is 0 Å². The van der Waals surface area contributed by atoms with Crippen LogP contribution in [0.15, 0.2) is 24.3 Å². The second kappa shape index (κ2) is 6.42. The zero-order chi connectivity index (χ0) is 14.5. The number of carboxylic acid groups (broad SMARTS) is 1. The lowest BCUT2D eigenvalue weighted by atomic mass is 10.1. The molecule has 0 aliphatic heterocycles. The summed E-state index contributed by atoms with van der Waals surface area (Å²) in [4.78, 5) is 10.5. The molecule has 0 saturated carbocycles. The van der Waals surface area contributed by atoms with Crippen LogP contribution in [0, 0.1) is 0 Å². The second-order valence-corrected chi connectivity index (χ2v) is 4.01. The SMILES string of the molecule is NC(Cc1ccc(OCCC(F)(F)F)cc1)C(=O)O. The topological polar surface area (TPSA) is 72.5 Å². The van der Waals surface area contributed by atoms with Gasteiger partial charge in [-0.1, -0.05) is 12.1 Å². The maximum atomic E-state index is 11.9. The van der Waals surface area contributed by atoms with E-state index in [-0.39, 0.29) is 6.42 Å². The van der Waals surface area contributed by atoms with Crippen LogP contribution in [0.5, 0.6) is 5.75 Å². The van der Waals surface area contributed by atoms with E-state index in [1.807, 2.05) is 0 Å². The van der Waals surface area contributed by atoms with E-state index in [1.165, 1.54) is 12.1 Å². The van der Waals surface area contributed by atoms with Gasteiger partial charge in [-0.2, -0.15) is 13.2 Å². The molecule has 1 rings (SSSR count). The molecule has 0 saturated heterocycles. The highest BCUT2D eigenvalue weighted by atomic mass is 19.4. The van der Waals surface area contributed by atoms with E-state index < -0.39 is 31.2 Å². The molecule has 0 spiro atoms. The van der Waals surface area contributed by atoms with Gasteiger partial charge in [0.1, 0.15) is 11.8 Å². The summed E-state index contributed by atoms with van der Waals surface area (Å²) < 4.78 is 40.6. The zero-order valence-corrected chi connectivity index (χ0v) is 9.98. The Morgan fingerprint density at radius 1 is 1.32 bits per heavy atom. The van der Waals surface area contributed by atoms with E-state index in [4.69, 9.17) is 15.6 Å². The van der Waals surface area contributed by atoms with E-state index in [9.17, 15) is 18.0 Å². The van der Waals surface area contributed by atoms with Gasteiger partial charge in [0, 0.05) is 0 Å². The van der Waals surface area contributed by atoms with E-state index in [2.05, 4.69) is 0 Å². The molecular formula is C12H14F3NO3. The number of hydrogen-bond donors (Lipinski definition) is 2. The van der Waals surface area contributed by atoms with Gasteiger partial charge in [0.05, 0.1) is 13.0 Å². The van der Waals surface area contributed by atoms with Crippen molar-refractivity contribution in [3.8, 4) is 5.75 Å². The van der Waals surface area contributed by atoms with Crippen molar-refractivity contribution >= 4 is 5.97 Å². The first-order valence-corrected chi connectivity index (χ1v) is 5.55. The summed E-state index contributed by atoms with van der Waals surface area (Å²) in [7, 11) is 0. The molecule has 0 bridgehead atoms. The third-order valence-corrected chi connectivity index (χ3v) is 2.35. The normalized spacial score (nSPS) is 13.1. The van der Waals surface area contributed by atoms with Gasteiger partial charge in [0.15, 0.2) is 0 Å². The van der Waals surface area contributed by atoms with Crippen molar-refractivity contribution < 1.29 is 27.8 Å². The third kappa shape index (κ3) is 6.10. The van der Waals surface area contributed by atoms with Crippen molar-refractivity contribution in [2.24, 2.45) is 5.73 Å². The molecule has 1 aromatic carbocycles. The molecule has 106 valence electrons. The van der Waals surface area contributed by atoms with Crippen LogP contribution in [0.1, 0.15) is 12.0 Å². The molecular weight excluding hydrogens is 263 g/mol. The average Bonchev–Trinajstić information content (AvgIpc) is 2.29. The minimum atomic E-state index is -4.24. The number of alkyl halides is 3. The van der Waals surface area contributed by atoms with Crippen molar-refractivity contribution in [1.82, 2.24) is 0 Å². The Bertz CT molecular complexity index is 417. The summed E-state index contributed by atoms with van der Waals surface area (Å²) in [6.07, 6.45) is -5.11. The van der Waals surface area contributed by atoms with Crippen molar-refractivity contribution in [3.63, 3.8) is 0 Å². The highest BCUT2D eigenvalue weighted by Gasteiger charge is 2.26. The number of carbonyl (C=O) groups is 1. The van der Waals surface area contributed by atoms with Gasteiger partial charge in [-0.3, -0.25) is 4.79 Å². The van der Waals surface area contributed by atoms with Crippen LogP contribution < -0.4 is 10.5 Å². The van der Waals surface area contributed by atoms with Crippen LogP contribution in [0.3, 0.4) is 0 Å². The lowest BCUT2D eigenvalue weighted by molar-refractivity contribution is -0.140. The molecule has 1 aromatic rings. The molecule has 0 aliphatic rings. The van der Waals surface area contributed by atoms with Crippen molar-refractivity contribution in [3.05, 3.63) is 29.8 Å². The molecule has 0 amide bonds. The molecule has 0 fully saturated rings. The number of halogens is 3. The minimum Gasteiger partial charge on any atom is -0.493 e. The predicted molar refractivity (Wildman–Crippen MR) is 61.9 cm³/mol. The Morgan fingerprint density at radius 3 is 2.37 bits per heavy atom. The van der Waals surface area contributed by atoms with Gasteiger partial charge in [0.2, 0.25) is 0 Å². The number of carboxylic acids is 1. The van der Waals surface area contributed by atoms with Gasteiger partial charge in [0.25, 0.3) is 0 Å². The van der Waals surface area contributed by atoms with Crippen molar-refractivity contribution in [2.45, 2.75) is 25.1 Å². The summed E-state index contributed by atoms with van der Waals surface area (Å²) >= 11 is 0. The Balaban J connectivity index is 2.46. The minimum absolute atomic E-state index is 0.151. The summed E-state index contributed by atoms with van der Waals surface area (Å²) in [5.74, 6) is -0.803. The van der Waals surface area contributed by atoms with Crippen LogP contribution in [-0.2, 0) is 11.2 Å². The number of benzene rings is 1. The van der Waals surface area contributed by atoms with Crippen LogP contribution in [0.2, 0.25) is 0 Å². The summed E-state index contributed by atoms with van der Waals surface area (Å²) in [6.45, 7) is -0.447. The summed E-state index contributed by atoms with van der Waals surface area (Å²) in [5.41, 5.74) is 6.04. The van der Waals surface area contributed by atoms with Crippen LogP contribution in [0.25, 0.3) is 0 Å². The van der Waals surface area contributed by atoms with Crippen LogP contribution >= 0.6 is 0 Å². The molecule has 0 aliphatic carbocycles. The van der Waals surface area contributed by atoms with Crippen LogP contribution in [0.4, 0.5) is 13.2 Å². The second-order valence-electron chi connectivity index (χ2n) is 4.01. The lowest BCUT2D eigenvalue weighted by Crippen LogP contribution is -2.32. The molecule has 1 unspecified atom stereocenters. The maximum Gasteiger partial charge on any atom is 0.392 e. The highest BCUT2D eigenvalue weighted by molar-refractivity contribution is 5.73.